The minimum atomic E-state index is -3.59. The summed E-state index contributed by atoms with van der Waals surface area (Å²) in [5, 5.41) is 10.0. The molecule has 158 valence electrons. The van der Waals surface area contributed by atoms with Crippen LogP contribution in [0.25, 0.3) is 0 Å². The first-order chi connectivity index (χ1) is 14.1. The number of amides is 1. The Hall–Kier alpha value is -3.05. The number of nitrogens with one attached hydrogen (secondary N) is 1. The van der Waals surface area contributed by atoms with Crippen LogP contribution in [0.15, 0.2) is 62.7 Å². The lowest BCUT2D eigenvalue weighted by Gasteiger charge is -2.07. The van der Waals surface area contributed by atoms with Gasteiger partial charge in [0, 0.05) is 6.26 Å². The van der Waals surface area contributed by atoms with E-state index in [1.807, 2.05) is 0 Å². The quantitative estimate of drug-likeness (QED) is 0.579. The van der Waals surface area contributed by atoms with Crippen molar-refractivity contribution in [2.75, 3.05) is 17.3 Å². The molecule has 3 aromatic rings. The van der Waals surface area contributed by atoms with Gasteiger partial charge in [-0.05, 0) is 29.8 Å². The van der Waals surface area contributed by atoms with Gasteiger partial charge in [-0.1, -0.05) is 36.3 Å². The summed E-state index contributed by atoms with van der Waals surface area (Å²) in [6.07, 6.45) is 1.35. The molecule has 0 saturated carbocycles. The van der Waals surface area contributed by atoms with E-state index in [9.17, 15) is 21.6 Å². The number of rotatable bonds is 7. The highest BCUT2D eigenvalue weighted by Crippen LogP contribution is 2.19. The number of anilines is 1. The zero-order valence-electron chi connectivity index (χ0n) is 16.2. The van der Waals surface area contributed by atoms with Gasteiger partial charge in [0.1, 0.15) is 0 Å². The summed E-state index contributed by atoms with van der Waals surface area (Å²) in [5.41, 5.74) is 0.721. The molecule has 0 aliphatic carbocycles. The van der Waals surface area contributed by atoms with Crippen LogP contribution in [0.1, 0.15) is 28.7 Å². The van der Waals surface area contributed by atoms with Crippen LogP contribution in [0.5, 0.6) is 0 Å². The normalized spacial score (nSPS) is 11.9. The van der Waals surface area contributed by atoms with Crippen molar-refractivity contribution in [3.05, 3.63) is 65.5 Å². The fraction of sp³-hybridized carbons (Fsp3) is 0.211. The fourth-order valence-electron chi connectivity index (χ4n) is 2.65. The van der Waals surface area contributed by atoms with Crippen LogP contribution in [0.4, 0.5) is 6.01 Å². The minimum absolute atomic E-state index is 0.0181. The van der Waals surface area contributed by atoms with E-state index in [0.717, 1.165) is 11.8 Å². The highest BCUT2D eigenvalue weighted by molar-refractivity contribution is 7.91. The Bertz CT molecular complexity index is 1280. The van der Waals surface area contributed by atoms with Gasteiger partial charge in [0.05, 0.1) is 27.5 Å². The molecule has 1 aromatic heterocycles. The number of carbonyl (C=O) groups excluding carboxylic acids is 1. The van der Waals surface area contributed by atoms with E-state index >= 15 is 0 Å². The first-order valence-electron chi connectivity index (χ1n) is 8.84. The van der Waals surface area contributed by atoms with Gasteiger partial charge in [0.15, 0.2) is 19.7 Å². The molecular formula is C19H19N3O6S2. The van der Waals surface area contributed by atoms with Crippen molar-refractivity contribution in [1.82, 2.24) is 10.2 Å². The lowest BCUT2D eigenvalue weighted by molar-refractivity contribution is 0.102. The van der Waals surface area contributed by atoms with Crippen LogP contribution in [0.3, 0.4) is 0 Å². The molecule has 0 unspecified atom stereocenters. The Balaban J connectivity index is 1.74. The molecule has 1 amide bonds. The van der Waals surface area contributed by atoms with Crippen LogP contribution in [-0.2, 0) is 26.1 Å². The zero-order chi connectivity index (χ0) is 21.9. The zero-order valence-corrected chi connectivity index (χ0v) is 17.8. The third kappa shape index (κ3) is 4.92. The van der Waals surface area contributed by atoms with E-state index in [-0.39, 0.29) is 39.4 Å². The summed E-state index contributed by atoms with van der Waals surface area (Å²) in [7, 11) is -6.87. The van der Waals surface area contributed by atoms with Gasteiger partial charge in [-0.3, -0.25) is 10.1 Å². The van der Waals surface area contributed by atoms with Gasteiger partial charge in [-0.25, -0.2) is 16.8 Å². The summed E-state index contributed by atoms with van der Waals surface area (Å²) in [6, 6.07) is 11.9. The molecule has 0 bridgehead atoms. The van der Waals surface area contributed by atoms with Gasteiger partial charge in [0.2, 0.25) is 5.89 Å². The molecule has 0 spiro atoms. The van der Waals surface area contributed by atoms with E-state index < -0.39 is 25.6 Å². The Morgan fingerprint density at radius 3 is 2.30 bits per heavy atom. The predicted octanol–water partition coefficient (Wildman–Crippen LogP) is 2.11. The lowest BCUT2D eigenvalue weighted by atomic mass is 10.1. The third-order valence-corrected chi connectivity index (χ3v) is 7.16. The summed E-state index contributed by atoms with van der Waals surface area (Å²) in [5.74, 6) is -0.623. The average Bonchev–Trinajstić information content (AvgIpc) is 3.14. The molecule has 1 N–H and O–H groups in total. The van der Waals surface area contributed by atoms with Crippen molar-refractivity contribution in [2.45, 2.75) is 23.1 Å². The van der Waals surface area contributed by atoms with Crippen molar-refractivity contribution < 1.29 is 26.0 Å². The number of hydrogen-bond acceptors (Lipinski definition) is 8. The molecule has 0 radical (unpaired) electrons. The Labute approximate surface area is 174 Å². The first-order valence-corrected chi connectivity index (χ1v) is 12.4. The van der Waals surface area contributed by atoms with Gasteiger partial charge < -0.3 is 4.42 Å². The predicted molar refractivity (Wildman–Crippen MR) is 109 cm³/mol. The largest absolute Gasteiger partial charge is 0.407 e. The summed E-state index contributed by atoms with van der Waals surface area (Å²) >= 11 is 0. The first kappa shape index (κ1) is 21.7. The molecule has 1 heterocycles. The van der Waals surface area contributed by atoms with E-state index in [1.54, 1.807) is 24.3 Å². The van der Waals surface area contributed by atoms with E-state index in [0.29, 0.717) is 0 Å². The minimum Gasteiger partial charge on any atom is -0.407 e. The van der Waals surface area contributed by atoms with E-state index in [4.69, 9.17) is 4.42 Å². The molecule has 30 heavy (non-hydrogen) atoms. The molecule has 0 atom stereocenters. The second-order valence-electron chi connectivity index (χ2n) is 6.45. The van der Waals surface area contributed by atoms with Crippen molar-refractivity contribution in [3.63, 3.8) is 0 Å². The summed E-state index contributed by atoms with van der Waals surface area (Å²) in [6.45, 7) is 1.50. The van der Waals surface area contributed by atoms with Crippen LogP contribution >= 0.6 is 0 Å². The van der Waals surface area contributed by atoms with E-state index in [2.05, 4.69) is 15.5 Å². The summed E-state index contributed by atoms with van der Waals surface area (Å²) in [4.78, 5) is 12.7. The Morgan fingerprint density at radius 2 is 1.67 bits per heavy atom. The molecule has 2 aromatic carbocycles. The van der Waals surface area contributed by atoms with Crippen molar-refractivity contribution in [2.24, 2.45) is 0 Å². The number of carbonyl (C=O) groups is 1. The van der Waals surface area contributed by atoms with Crippen LogP contribution in [0.2, 0.25) is 0 Å². The fourth-order valence-corrected chi connectivity index (χ4v) is 4.37. The monoisotopic (exact) mass is 449 g/mol. The van der Waals surface area contributed by atoms with Gasteiger partial charge in [0.25, 0.3) is 5.91 Å². The maximum Gasteiger partial charge on any atom is 0.322 e. The van der Waals surface area contributed by atoms with Gasteiger partial charge >= 0.3 is 6.01 Å². The maximum atomic E-state index is 12.5. The summed E-state index contributed by atoms with van der Waals surface area (Å²) < 4.78 is 52.8. The second kappa shape index (κ2) is 8.36. The second-order valence-corrected chi connectivity index (χ2v) is 10.7. The van der Waals surface area contributed by atoms with Crippen LogP contribution in [-0.4, -0.2) is 44.9 Å². The Morgan fingerprint density at radius 1 is 1.00 bits per heavy atom. The van der Waals surface area contributed by atoms with E-state index in [1.165, 1.54) is 31.2 Å². The highest BCUT2D eigenvalue weighted by Gasteiger charge is 2.22. The molecule has 0 saturated heterocycles. The smallest absolute Gasteiger partial charge is 0.322 e. The maximum absolute atomic E-state index is 12.5. The van der Waals surface area contributed by atoms with Gasteiger partial charge in [-0.2, -0.15) is 0 Å². The van der Waals surface area contributed by atoms with Crippen molar-refractivity contribution >= 4 is 31.6 Å². The average molecular weight is 450 g/mol. The van der Waals surface area contributed by atoms with Crippen LogP contribution in [0, 0.1) is 0 Å². The Kier molecular flexibility index (Phi) is 6.04. The lowest BCUT2D eigenvalue weighted by Crippen LogP contribution is -2.17. The number of hydrogen-bond donors (Lipinski definition) is 1. The molecule has 11 heteroatoms. The molecule has 3 rings (SSSR count). The number of aromatic nitrogens is 2. The number of sulfone groups is 2. The van der Waals surface area contributed by atoms with Crippen molar-refractivity contribution in [3.8, 4) is 0 Å². The van der Waals surface area contributed by atoms with Gasteiger partial charge in [-0.15, -0.1) is 5.10 Å². The third-order valence-electron chi connectivity index (χ3n) is 4.24. The highest BCUT2D eigenvalue weighted by atomic mass is 32.2. The number of benzene rings is 2. The molecular weight excluding hydrogens is 430 g/mol. The molecule has 0 fully saturated rings. The molecule has 0 aliphatic rings. The topological polar surface area (TPSA) is 136 Å². The van der Waals surface area contributed by atoms with Crippen LogP contribution < -0.4 is 5.32 Å². The SMILES string of the molecule is CCS(=O)(=O)c1ccccc1C(=O)Nc1nnc(Cc2ccc(S(C)(=O)=O)cc2)o1. The molecule has 9 nitrogen and oxygen atoms in total. The number of nitrogens with zero attached hydrogens (tertiary/aromatic N) is 2. The standard InChI is InChI=1S/C19H19N3O6S2/c1-3-30(26,27)16-7-5-4-6-15(16)18(23)20-19-22-21-17(28-19)12-13-8-10-14(11-9-13)29(2,24)25/h4-11H,3,12H2,1-2H3,(H,20,22,23). The molecule has 0 aliphatic heterocycles. The van der Waals surface area contributed by atoms with Crippen molar-refractivity contribution in [1.29, 1.82) is 0 Å².